The number of hydrogen-bond acceptors (Lipinski definition) is 4. The summed E-state index contributed by atoms with van der Waals surface area (Å²) in [5, 5.41) is 13.0. The van der Waals surface area contributed by atoms with E-state index >= 15 is 0 Å². The molecule has 0 radical (unpaired) electrons. The fourth-order valence-corrected chi connectivity index (χ4v) is 3.54. The number of aromatic amines is 2. The van der Waals surface area contributed by atoms with Gasteiger partial charge in [-0.3, -0.25) is 0 Å². The number of aromatic nitrogens is 3. The maximum absolute atomic E-state index is 13.1. The van der Waals surface area contributed by atoms with Gasteiger partial charge in [-0.25, -0.2) is 4.98 Å². The predicted molar refractivity (Wildman–Crippen MR) is 101 cm³/mol. The lowest BCUT2D eigenvalue weighted by atomic mass is 9.98. The van der Waals surface area contributed by atoms with Crippen LogP contribution in [0.2, 0.25) is 0 Å². The molecule has 0 aliphatic carbocycles. The largest absolute Gasteiger partial charge is 0.434 e. The zero-order chi connectivity index (χ0) is 19.8. The Kier molecular flexibility index (Phi) is 4.45. The molecule has 0 amide bonds. The number of hydrogen-bond donors (Lipinski definition) is 3. The van der Waals surface area contributed by atoms with Gasteiger partial charge >= 0.3 is 6.61 Å². The first kappa shape index (κ1) is 17.9. The van der Waals surface area contributed by atoms with Gasteiger partial charge in [-0.2, -0.15) is 14.0 Å². The molecule has 0 aliphatic heterocycles. The van der Waals surface area contributed by atoms with Crippen molar-refractivity contribution < 1.29 is 13.5 Å². The van der Waals surface area contributed by atoms with E-state index in [9.17, 15) is 8.78 Å². The molecule has 28 heavy (non-hydrogen) atoms. The smallest absolute Gasteiger partial charge is 0.387 e. The summed E-state index contributed by atoms with van der Waals surface area (Å²) in [6.45, 7) is -1.11. The van der Waals surface area contributed by atoms with Gasteiger partial charge in [0.2, 0.25) is 0 Å². The summed E-state index contributed by atoms with van der Waals surface area (Å²) >= 11 is 0. The molecule has 0 saturated carbocycles. The summed E-state index contributed by atoms with van der Waals surface area (Å²) in [6, 6.07) is 10.1. The molecule has 0 fully saturated rings. The van der Waals surface area contributed by atoms with E-state index in [2.05, 4.69) is 26.3 Å². The van der Waals surface area contributed by atoms with Crippen LogP contribution in [0.4, 0.5) is 8.78 Å². The van der Waals surface area contributed by atoms with Crippen LogP contribution >= 0.6 is 0 Å². The number of ether oxygens (including phenoxy) is 1. The normalized spacial score (nSPS) is 12.6. The van der Waals surface area contributed by atoms with Gasteiger partial charge in [0.05, 0.1) is 28.7 Å². The molecule has 2 aromatic heterocycles. The number of aryl methyl sites for hydroxylation is 1. The number of H-pyrrole nitrogens is 2. The van der Waals surface area contributed by atoms with E-state index in [0.717, 1.165) is 22.0 Å². The Bertz CT molecular complexity index is 1200. The second-order valence-corrected chi connectivity index (χ2v) is 6.44. The highest BCUT2D eigenvalue weighted by atomic mass is 19.3. The average molecular weight is 381 g/mol. The highest BCUT2D eigenvalue weighted by molar-refractivity contribution is 5.89. The van der Waals surface area contributed by atoms with E-state index in [1.54, 1.807) is 37.5 Å². The van der Waals surface area contributed by atoms with E-state index < -0.39 is 12.7 Å². The van der Waals surface area contributed by atoms with Crippen LogP contribution < -0.4 is 10.1 Å². The van der Waals surface area contributed by atoms with Crippen LogP contribution in [0.15, 0.2) is 36.5 Å². The van der Waals surface area contributed by atoms with Crippen LogP contribution in [-0.2, 0) is 0 Å². The molecule has 2 aromatic carbocycles. The highest BCUT2D eigenvalue weighted by Gasteiger charge is 2.25. The Labute approximate surface area is 159 Å². The van der Waals surface area contributed by atoms with E-state index in [-0.39, 0.29) is 5.75 Å². The molecule has 0 aliphatic rings. The molecule has 2 heterocycles. The summed E-state index contributed by atoms with van der Waals surface area (Å²) < 4.78 is 31.0. The molecule has 8 heteroatoms. The molecular formula is C20H17F2N5O. The zero-order valence-electron chi connectivity index (χ0n) is 15.2. The Morgan fingerprint density at radius 1 is 1.25 bits per heavy atom. The second-order valence-electron chi connectivity index (χ2n) is 6.44. The van der Waals surface area contributed by atoms with Crippen LogP contribution in [-0.4, -0.2) is 28.6 Å². The fourth-order valence-electron chi connectivity index (χ4n) is 3.54. The highest BCUT2D eigenvalue weighted by Crippen LogP contribution is 2.38. The zero-order valence-corrected chi connectivity index (χ0v) is 15.2. The molecule has 1 atom stereocenters. The van der Waals surface area contributed by atoms with Gasteiger partial charge in [-0.05, 0) is 49.9 Å². The topological polar surface area (TPSA) is 89.5 Å². The minimum absolute atomic E-state index is 0.0946. The number of nitrogens with zero attached hydrogens (tertiary/aromatic N) is 2. The third-order valence-electron chi connectivity index (χ3n) is 4.74. The van der Waals surface area contributed by atoms with Crippen molar-refractivity contribution in [2.45, 2.75) is 19.6 Å². The van der Waals surface area contributed by atoms with Crippen molar-refractivity contribution in [2.24, 2.45) is 0 Å². The standard InChI is InChI=1S/C20H17F2N5O/c1-10-7-15(28-20(21)22)16(12-5-6-25-17(10)12)18(24-2)19-26-13-4-3-11(9-23)8-14(13)27-19/h3-8,18,20,24-25H,1-2H3,(H,26,27). The van der Waals surface area contributed by atoms with E-state index in [4.69, 9.17) is 10.00 Å². The summed E-state index contributed by atoms with van der Waals surface area (Å²) in [4.78, 5) is 10.9. The molecule has 6 nitrogen and oxygen atoms in total. The number of alkyl halides is 2. The minimum atomic E-state index is -2.94. The molecular weight excluding hydrogens is 364 g/mol. The van der Waals surface area contributed by atoms with Gasteiger partial charge in [0.15, 0.2) is 0 Å². The molecule has 0 bridgehead atoms. The Hall–Kier alpha value is -3.44. The van der Waals surface area contributed by atoms with Gasteiger partial charge in [0.1, 0.15) is 11.6 Å². The third-order valence-corrected chi connectivity index (χ3v) is 4.74. The predicted octanol–water partition coefficient (Wildman–Crippen LogP) is 4.13. The Balaban J connectivity index is 1.92. The lowest BCUT2D eigenvalue weighted by molar-refractivity contribution is -0.0505. The van der Waals surface area contributed by atoms with Crippen molar-refractivity contribution in [1.82, 2.24) is 20.3 Å². The first-order valence-electron chi connectivity index (χ1n) is 8.64. The Morgan fingerprint density at radius 2 is 2.07 bits per heavy atom. The van der Waals surface area contributed by atoms with Gasteiger partial charge in [0.25, 0.3) is 0 Å². The van der Waals surface area contributed by atoms with E-state index in [0.29, 0.717) is 22.5 Å². The van der Waals surface area contributed by atoms with Crippen LogP contribution in [0.1, 0.15) is 28.6 Å². The van der Waals surface area contributed by atoms with Crippen molar-refractivity contribution >= 4 is 21.9 Å². The van der Waals surface area contributed by atoms with E-state index in [1.807, 2.05) is 13.0 Å². The number of benzene rings is 2. The first-order valence-corrected chi connectivity index (χ1v) is 8.64. The maximum atomic E-state index is 13.1. The molecule has 4 rings (SSSR count). The third kappa shape index (κ3) is 2.96. The minimum Gasteiger partial charge on any atom is -0.434 e. The van der Waals surface area contributed by atoms with Gasteiger partial charge < -0.3 is 20.0 Å². The number of imidazole rings is 1. The fraction of sp³-hybridized carbons (Fsp3) is 0.200. The first-order chi connectivity index (χ1) is 13.5. The quantitative estimate of drug-likeness (QED) is 0.485. The summed E-state index contributed by atoms with van der Waals surface area (Å²) in [7, 11) is 1.73. The molecule has 0 spiro atoms. The van der Waals surface area contributed by atoms with E-state index in [1.165, 1.54) is 0 Å². The lowest BCUT2D eigenvalue weighted by Gasteiger charge is -2.20. The van der Waals surface area contributed by atoms with Gasteiger partial charge in [-0.1, -0.05) is 0 Å². The SMILES string of the molecule is CNC(c1nc2cc(C#N)ccc2[nH]1)c1c(OC(F)F)cc(C)c2[nH]ccc12. The van der Waals surface area contributed by atoms with Crippen LogP contribution in [0.25, 0.3) is 21.9 Å². The Morgan fingerprint density at radius 3 is 2.79 bits per heavy atom. The monoisotopic (exact) mass is 381 g/mol. The summed E-state index contributed by atoms with van der Waals surface area (Å²) in [6.07, 6.45) is 1.76. The van der Waals surface area contributed by atoms with Crippen LogP contribution in [0.5, 0.6) is 5.75 Å². The van der Waals surface area contributed by atoms with Crippen LogP contribution in [0.3, 0.4) is 0 Å². The number of rotatable bonds is 5. The molecule has 1 unspecified atom stereocenters. The molecule has 142 valence electrons. The van der Waals surface area contributed by atoms with Crippen molar-refractivity contribution in [3.05, 3.63) is 59.0 Å². The number of nitrogens with one attached hydrogen (secondary N) is 3. The maximum Gasteiger partial charge on any atom is 0.387 e. The molecule has 4 aromatic rings. The van der Waals surface area contributed by atoms with Gasteiger partial charge in [-0.15, -0.1) is 0 Å². The average Bonchev–Trinajstić information content (AvgIpc) is 3.30. The van der Waals surface area contributed by atoms with Crippen molar-refractivity contribution in [3.8, 4) is 11.8 Å². The molecule has 0 saturated heterocycles. The van der Waals surface area contributed by atoms with Crippen molar-refractivity contribution in [2.75, 3.05) is 7.05 Å². The lowest BCUT2D eigenvalue weighted by Crippen LogP contribution is -2.21. The van der Waals surface area contributed by atoms with Crippen LogP contribution in [0, 0.1) is 18.3 Å². The summed E-state index contributed by atoms with van der Waals surface area (Å²) in [5.41, 5.74) is 4.09. The van der Waals surface area contributed by atoms with Gasteiger partial charge in [0, 0.05) is 22.7 Å². The summed E-state index contributed by atoms with van der Waals surface area (Å²) in [5.74, 6) is 0.634. The number of nitriles is 1. The second kappa shape index (κ2) is 6.94. The number of halogens is 2. The van der Waals surface area contributed by atoms with Crippen molar-refractivity contribution in [1.29, 1.82) is 5.26 Å². The number of fused-ring (bicyclic) bond motifs is 2. The van der Waals surface area contributed by atoms with Crippen molar-refractivity contribution in [3.63, 3.8) is 0 Å². The molecule has 3 N–H and O–H groups in total.